The van der Waals surface area contributed by atoms with Gasteiger partial charge in [0, 0.05) is 32.0 Å². The Balaban J connectivity index is 1.24. The quantitative estimate of drug-likeness (QED) is 0.379. The molecule has 3 aromatic rings. The second kappa shape index (κ2) is 11.9. The number of rotatable bonds is 10. The molecule has 1 unspecified atom stereocenters. The second-order valence-electron chi connectivity index (χ2n) is 9.59. The topological polar surface area (TPSA) is 59.8 Å². The first-order chi connectivity index (χ1) is 16.9. The molecule has 188 valence electrons. The molecule has 2 heterocycles. The normalized spacial score (nSPS) is 18.9. The lowest BCUT2D eigenvalue weighted by Gasteiger charge is -2.27. The molecule has 7 heteroatoms. The summed E-state index contributed by atoms with van der Waals surface area (Å²) in [6.45, 7) is 8.45. The van der Waals surface area contributed by atoms with Crippen LogP contribution in [-0.2, 0) is 13.1 Å². The van der Waals surface area contributed by atoms with Crippen LogP contribution in [0, 0.1) is 13.8 Å². The molecule has 0 amide bonds. The van der Waals surface area contributed by atoms with Gasteiger partial charge in [-0.3, -0.25) is 4.90 Å². The van der Waals surface area contributed by atoms with Crippen molar-refractivity contribution in [2.45, 2.75) is 58.2 Å². The predicted molar refractivity (Wildman–Crippen MR) is 139 cm³/mol. The van der Waals surface area contributed by atoms with Gasteiger partial charge in [-0.25, -0.2) is 4.98 Å². The van der Waals surface area contributed by atoms with Gasteiger partial charge in [0.15, 0.2) is 0 Å². The Morgan fingerprint density at radius 2 is 1.97 bits per heavy atom. The average Bonchev–Trinajstić information content (AvgIpc) is 3.16. The Kier molecular flexibility index (Phi) is 8.71. The van der Waals surface area contributed by atoms with E-state index < -0.39 is 5.60 Å². The fourth-order valence-electron chi connectivity index (χ4n) is 4.53. The number of likely N-dealkylation sites (tertiary alicyclic amines) is 1. The van der Waals surface area contributed by atoms with Gasteiger partial charge in [-0.2, -0.15) is 0 Å². The molecular weight excluding hydrogens is 462 g/mol. The van der Waals surface area contributed by atoms with E-state index in [0.717, 1.165) is 56.2 Å². The van der Waals surface area contributed by atoms with Gasteiger partial charge in [0.1, 0.15) is 23.9 Å². The first-order valence-corrected chi connectivity index (χ1v) is 12.8. The summed E-state index contributed by atoms with van der Waals surface area (Å²) in [6, 6.07) is 14.0. The van der Waals surface area contributed by atoms with Crippen molar-refractivity contribution in [3.63, 3.8) is 0 Å². The first-order valence-electron chi connectivity index (χ1n) is 12.4. The number of ether oxygens (including phenoxy) is 2. The average molecular weight is 498 g/mol. The predicted octanol–water partition coefficient (Wildman–Crippen LogP) is 5.42. The Hall–Kier alpha value is -2.54. The summed E-state index contributed by atoms with van der Waals surface area (Å²) in [5, 5.41) is 11.8. The molecule has 1 atom stereocenters. The van der Waals surface area contributed by atoms with Crippen molar-refractivity contribution in [2.75, 3.05) is 26.3 Å². The molecule has 1 aromatic heterocycles. The summed E-state index contributed by atoms with van der Waals surface area (Å²) in [5.74, 6) is 2.57. The lowest BCUT2D eigenvalue weighted by Crippen LogP contribution is -2.37. The zero-order valence-corrected chi connectivity index (χ0v) is 21.5. The van der Waals surface area contributed by atoms with E-state index in [1.165, 1.54) is 5.56 Å². The molecule has 1 fully saturated rings. The van der Waals surface area contributed by atoms with Crippen LogP contribution < -0.4 is 9.47 Å². The number of imidazole rings is 1. The lowest BCUT2D eigenvalue weighted by molar-refractivity contribution is -0.0168. The van der Waals surface area contributed by atoms with Crippen LogP contribution in [0.5, 0.6) is 11.5 Å². The Morgan fingerprint density at radius 1 is 1.09 bits per heavy atom. The molecule has 0 saturated carbocycles. The number of hydrogen-bond donors (Lipinski definition) is 1. The molecule has 0 aliphatic carbocycles. The number of halogens is 1. The van der Waals surface area contributed by atoms with Gasteiger partial charge in [-0.1, -0.05) is 29.8 Å². The SMILES string of the molecule is Cc1ccc(Cl)c(OCC2(O)CCCN(Cc3cccc(OCCCn4ccnc4C)c3)CC2)c1. The van der Waals surface area contributed by atoms with Crippen LogP contribution in [0.15, 0.2) is 54.9 Å². The smallest absolute Gasteiger partial charge is 0.138 e. The molecule has 1 N–H and O–H groups in total. The van der Waals surface area contributed by atoms with Crippen LogP contribution in [0.2, 0.25) is 5.02 Å². The Labute approximate surface area is 213 Å². The van der Waals surface area contributed by atoms with Crippen LogP contribution in [0.25, 0.3) is 0 Å². The number of aromatic nitrogens is 2. The maximum absolute atomic E-state index is 11.2. The van der Waals surface area contributed by atoms with E-state index in [9.17, 15) is 5.11 Å². The van der Waals surface area contributed by atoms with Crippen molar-refractivity contribution in [1.82, 2.24) is 14.5 Å². The number of aryl methyl sites for hydroxylation is 3. The van der Waals surface area contributed by atoms with E-state index in [1.807, 2.05) is 50.5 Å². The third-order valence-corrected chi connectivity index (χ3v) is 6.95. The van der Waals surface area contributed by atoms with Gasteiger partial charge in [0.25, 0.3) is 0 Å². The number of nitrogens with zero attached hydrogens (tertiary/aromatic N) is 3. The van der Waals surface area contributed by atoms with Crippen LogP contribution in [0.1, 0.15) is 42.6 Å². The van der Waals surface area contributed by atoms with Crippen molar-refractivity contribution in [3.05, 3.63) is 76.8 Å². The number of aliphatic hydroxyl groups is 1. The molecule has 1 saturated heterocycles. The molecule has 0 spiro atoms. The standard InChI is InChI=1S/C28H36ClN3O3/c1-22-8-9-26(29)27(18-22)35-21-28(33)10-4-13-31(15-11-28)20-24-6-3-7-25(19-24)34-17-5-14-32-16-12-30-23(32)2/h3,6-9,12,16,18-19,33H,4-5,10-11,13-15,17,20-21H2,1-2H3. The summed E-state index contributed by atoms with van der Waals surface area (Å²) >= 11 is 6.26. The molecule has 1 aliphatic rings. The van der Waals surface area contributed by atoms with Crippen molar-refractivity contribution >= 4 is 11.6 Å². The minimum absolute atomic E-state index is 0.256. The molecule has 2 aromatic carbocycles. The van der Waals surface area contributed by atoms with Crippen molar-refractivity contribution in [1.29, 1.82) is 0 Å². The van der Waals surface area contributed by atoms with Crippen LogP contribution in [0.3, 0.4) is 0 Å². The largest absolute Gasteiger partial charge is 0.494 e. The molecule has 35 heavy (non-hydrogen) atoms. The van der Waals surface area contributed by atoms with Gasteiger partial charge in [-0.15, -0.1) is 0 Å². The summed E-state index contributed by atoms with van der Waals surface area (Å²) < 4.78 is 14.1. The van der Waals surface area contributed by atoms with E-state index in [1.54, 1.807) is 0 Å². The fourth-order valence-corrected chi connectivity index (χ4v) is 4.70. The molecule has 4 rings (SSSR count). The van der Waals surface area contributed by atoms with Gasteiger partial charge >= 0.3 is 0 Å². The van der Waals surface area contributed by atoms with Crippen LogP contribution in [-0.4, -0.2) is 51.5 Å². The second-order valence-corrected chi connectivity index (χ2v) is 10.0. The summed E-state index contributed by atoms with van der Waals surface area (Å²) in [4.78, 5) is 6.66. The van der Waals surface area contributed by atoms with E-state index in [0.29, 0.717) is 30.2 Å². The first kappa shape index (κ1) is 25.5. The zero-order valence-electron chi connectivity index (χ0n) is 20.8. The van der Waals surface area contributed by atoms with Crippen LogP contribution in [0.4, 0.5) is 0 Å². The minimum atomic E-state index is -0.847. The minimum Gasteiger partial charge on any atom is -0.494 e. The summed E-state index contributed by atoms with van der Waals surface area (Å²) in [7, 11) is 0. The monoisotopic (exact) mass is 497 g/mol. The van der Waals surface area contributed by atoms with Gasteiger partial charge < -0.3 is 19.1 Å². The van der Waals surface area contributed by atoms with E-state index in [2.05, 4.69) is 32.7 Å². The Bertz CT molecular complexity index is 1100. The van der Waals surface area contributed by atoms with Crippen molar-refractivity contribution in [3.8, 4) is 11.5 Å². The maximum Gasteiger partial charge on any atom is 0.138 e. The molecule has 6 nitrogen and oxygen atoms in total. The van der Waals surface area contributed by atoms with E-state index in [-0.39, 0.29) is 6.61 Å². The third-order valence-electron chi connectivity index (χ3n) is 6.63. The van der Waals surface area contributed by atoms with Crippen molar-refractivity contribution in [2.24, 2.45) is 0 Å². The van der Waals surface area contributed by atoms with Crippen molar-refractivity contribution < 1.29 is 14.6 Å². The van der Waals surface area contributed by atoms with E-state index in [4.69, 9.17) is 21.1 Å². The highest BCUT2D eigenvalue weighted by molar-refractivity contribution is 6.32. The fraction of sp³-hybridized carbons (Fsp3) is 0.464. The summed E-state index contributed by atoms with van der Waals surface area (Å²) in [6.07, 6.45) is 7.07. The molecule has 0 bridgehead atoms. The van der Waals surface area contributed by atoms with Crippen LogP contribution >= 0.6 is 11.6 Å². The number of hydrogen-bond acceptors (Lipinski definition) is 5. The van der Waals surface area contributed by atoms with Gasteiger partial charge in [-0.05, 0) is 81.5 Å². The third kappa shape index (κ3) is 7.47. The highest BCUT2D eigenvalue weighted by atomic mass is 35.5. The Morgan fingerprint density at radius 3 is 2.80 bits per heavy atom. The lowest BCUT2D eigenvalue weighted by atomic mass is 9.96. The maximum atomic E-state index is 11.2. The van der Waals surface area contributed by atoms with Gasteiger partial charge in [0.2, 0.25) is 0 Å². The molecular formula is C28H36ClN3O3. The highest BCUT2D eigenvalue weighted by Crippen LogP contribution is 2.29. The molecule has 0 radical (unpaired) electrons. The van der Waals surface area contributed by atoms with Gasteiger partial charge in [0.05, 0.1) is 17.2 Å². The number of benzene rings is 2. The molecule has 1 aliphatic heterocycles. The highest BCUT2D eigenvalue weighted by Gasteiger charge is 2.31. The zero-order chi connectivity index (χ0) is 24.7. The van der Waals surface area contributed by atoms with E-state index >= 15 is 0 Å². The summed E-state index contributed by atoms with van der Waals surface area (Å²) in [5.41, 5.74) is 1.46.